The lowest BCUT2D eigenvalue weighted by Crippen LogP contribution is -2.51. The van der Waals surface area contributed by atoms with Gasteiger partial charge in [-0.25, -0.2) is 4.79 Å². The Morgan fingerprint density at radius 3 is 2.59 bits per heavy atom. The van der Waals surface area contributed by atoms with Gasteiger partial charge < -0.3 is 20.1 Å². The highest BCUT2D eigenvalue weighted by Gasteiger charge is 2.41. The summed E-state index contributed by atoms with van der Waals surface area (Å²) in [6.07, 6.45) is 0.566. The van der Waals surface area contributed by atoms with Crippen LogP contribution in [0.15, 0.2) is 36.5 Å². The predicted octanol–water partition coefficient (Wildman–Crippen LogP) is 3.94. The molecule has 0 bridgehead atoms. The molecule has 1 fully saturated rings. The van der Waals surface area contributed by atoms with Gasteiger partial charge in [-0.1, -0.05) is 52.5 Å². The maximum absolute atomic E-state index is 13.0. The van der Waals surface area contributed by atoms with E-state index in [2.05, 4.69) is 17.2 Å². The Labute approximate surface area is 161 Å². The first kappa shape index (κ1) is 20.8. The number of carbonyl (C=O) groups excluding carboxylic acids is 2. The number of nitrogens with one attached hydrogen (secondary N) is 2. The van der Waals surface area contributed by atoms with Gasteiger partial charge in [-0.05, 0) is 24.8 Å². The Balaban J connectivity index is 2.35. The van der Waals surface area contributed by atoms with Crippen molar-refractivity contribution in [1.29, 1.82) is 0 Å². The zero-order chi connectivity index (χ0) is 20.2. The molecule has 148 valence electrons. The van der Waals surface area contributed by atoms with Crippen molar-refractivity contribution in [2.24, 2.45) is 11.3 Å². The van der Waals surface area contributed by atoms with Crippen LogP contribution < -0.4 is 15.4 Å². The Bertz CT molecular complexity index is 708. The van der Waals surface area contributed by atoms with Crippen LogP contribution in [0.25, 0.3) is 0 Å². The zero-order valence-electron chi connectivity index (χ0n) is 16.8. The van der Waals surface area contributed by atoms with Crippen molar-refractivity contribution in [3.05, 3.63) is 42.1 Å². The molecule has 1 aliphatic rings. The van der Waals surface area contributed by atoms with Gasteiger partial charge in [0.15, 0.2) is 0 Å². The average Bonchev–Trinajstić information content (AvgIpc) is 2.58. The number of para-hydroxylation sites is 1. The number of benzene rings is 1. The van der Waals surface area contributed by atoms with E-state index in [0.29, 0.717) is 18.1 Å². The number of hydrogen-bond donors (Lipinski definition) is 2. The van der Waals surface area contributed by atoms with E-state index in [0.717, 1.165) is 12.0 Å². The van der Waals surface area contributed by atoms with Gasteiger partial charge in [0, 0.05) is 11.3 Å². The summed E-state index contributed by atoms with van der Waals surface area (Å²) in [5, 5.41) is 5.43. The summed E-state index contributed by atoms with van der Waals surface area (Å²) >= 11 is 0. The normalized spacial score (nSPS) is 21.1. The van der Waals surface area contributed by atoms with Crippen molar-refractivity contribution in [1.82, 2.24) is 10.6 Å². The van der Waals surface area contributed by atoms with Crippen molar-refractivity contribution in [3.63, 3.8) is 0 Å². The highest BCUT2D eigenvalue weighted by Crippen LogP contribution is 2.36. The summed E-state index contributed by atoms with van der Waals surface area (Å²) in [4.78, 5) is 25.0. The van der Waals surface area contributed by atoms with Crippen LogP contribution in [-0.4, -0.2) is 24.7 Å². The number of hydrogen-bond acceptors (Lipinski definition) is 4. The molecule has 1 aromatic carbocycles. The molecule has 2 N–H and O–H groups in total. The fourth-order valence-corrected chi connectivity index (χ4v) is 2.73. The van der Waals surface area contributed by atoms with Crippen molar-refractivity contribution >= 4 is 12.0 Å². The second kappa shape index (κ2) is 8.46. The lowest BCUT2D eigenvalue weighted by molar-refractivity contribution is -0.158. The Kier molecular flexibility index (Phi) is 6.52. The molecule has 3 atom stereocenters. The number of esters is 1. The second-order valence-corrected chi connectivity index (χ2v) is 7.91. The average molecular weight is 374 g/mol. The topological polar surface area (TPSA) is 76.7 Å². The van der Waals surface area contributed by atoms with Gasteiger partial charge in [0.25, 0.3) is 0 Å². The van der Waals surface area contributed by atoms with Crippen LogP contribution in [0.2, 0.25) is 0 Å². The monoisotopic (exact) mass is 374 g/mol. The standard InChI is InChI=1S/C21H30N2O4/c1-7-12-26-16-11-9-8-10-15(16)18-17(13(2)22-20(25)23-18)19(24)27-14(3)21(4,5)6/h8-11,14,17-18H,2,7,12H2,1,3-6H3,(H2,22,23,25)/t14-,17-,18+/m1/s1. The fourth-order valence-electron chi connectivity index (χ4n) is 2.73. The van der Waals surface area contributed by atoms with Crippen LogP contribution in [0.3, 0.4) is 0 Å². The molecule has 0 aliphatic carbocycles. The molecule has 1 heterocycles. The van der Waals surface area contributed by atoms with Crippen molar-refractivity contribution < 1.29 is 19.1 Å². The van der Waals surface area contributed by atoms with Crippen LogP contribution >= 0.6 is 0 Å². The van der Waals surface area contributed by atoms with E-state index in [4.69, 9.17) is 9.47 Å². The SMILES string of the molecule is C=C1NC(=O)N[C@@H](c2ccccc2OCCC)[C@@H]1C(=O)O[C@H](C)C(C)(C)C. The molecule has 0 spiro atoms. The lowest BCUT2D eigenvalue weighted by Gasteiger charge is -2.36. The molecule has 2 amide bonds. The van der Waals surface area contributed by atoms with Gasteiger partial charge in [0.05, 0.1) is 12.6 Å². The fraction of sp³-hybridized carbons (Fsp3) is 0.524. The summed E-state index contributed by atoms with van der Waals surface area (Å²) in [5.74, 6) is -0.537. The van der Waals surface area contributed by atoms with E-state index in [1.54, 1.807) is 0 Å². The number of ether oxygens (including phenoxy) is 2. The summed E-state index contributed by atoms with van der Waals surface area (Å²) in [6.45, 7) is 14.3. The molecule has 0 unspecified atom stereocenters. The molecule has 0 radical (unpaired) electrons. The van der Waals surface area contributed by atoms with E-state index >= 15 is 0 Å². The summed E-state index contributed by atoms with van der Waals surface area (Å²) < 4.78 is 11.5. The van der Waals surface area contributed by atoms with Gasteiger partial charge in [0.1, 0.15) is 17.8 Å². The molecule has 6 nitrogen and oxygen atoms in total. The van der Waals surface area contributed by atoms with Gasteiger partial charge >= 0.3 is 12.0 Å². The summed E-state index contributed by atoms with van der Waals surface area (Å²) in [5.41, 5.74) is 0.854. The molecule has 1 aliphatic heterocycles. The number of rotatable bonds is 6. The van der Waals surface area contributed by atoms with E-state index in [1.165, 1.54) is 0 Å². The third-order valence-corrected chi connectivity index (χ3v) is 4.75. The first-order valence-corrected chi connectivity index (χ1v) is 9.33. The smallest absolute Gasteiger partial charge is 0.319 e. The quantitative estimate of drug-likeness (QED) is 0.740. The Morgan fingerprint density at radius 1 is 1.30 bits per heavy atom. The van der Waals surface area contributed by atoms with Crippen molar-refractivity contribution in [3.8, 4) is 5.75 Å². The van der Waals surface area contributed by atoms with Crippen molar-refractivity contribution in [2.75, 3.05) is 6.61 Å². The van der Waals surface area contributed by atoms with Gasteiger partial charge in [-0.3, -0.25) is 4.79 Å². The van der Waals surface area contributed by atoms with Crippen LogP contribution in [0.1, 0.15) is 52.6 Å². The van der Waals surface area contributed by atoms with E-state index in [1.807, 2.05) is 58.9 Å². The van der Waals surface area contributed by atoms with Crippen LogP contribution in [0, 0.1) is 11.3 Å². The number of carbonyl (C=O) groups is 2. The maximum Gasteiger partial charge on any atom is 0.319 e. The van der Waals surface area contributed by atoms with Crippen LogP contribution in [0.5, 0.6) is 5.75 Å². The molecule has 0 saturated carbocycles. The predicted molar refractivity (Wildman–Crippen MR) is 104 cm³/mol. The van der Waals surface area contributed by atoms with E-state index in [-0.39, 0.29) is 11.5 Å². The minimum absolute atomic E-state index is 0.194. The van der Waals surface area contributed by atoms with Gasteiger partial charge in [0.2, 0.25) is 0 Å². The maximum atomic E-state index is 13.0. The van der Waals surface area contributed by atoms with Gasteiger partial charge in [-0.2, -0.15) is 0 Å². The molecule has 1 aromatic rings. The first-order chi connectivity index (χ1) is 12.6. The highest BCUT2D eigenvalue weighted by molar-refractivity contribution is 5.85. The third-order valence-electron chi connectivity index (χ3n) is 4.75. The van der Waals surface area contributed by atoms with E-state index < -0.39 is 24.0 Å². The summed E-state index contributed by atoms with van der Waals surface area (Å²) in [6, 6.07) is 6.39. The second-order valence-electron chi connectivity index (χ2n) is 7.91. The number of amides is 2. The minimum atomic E-state index is -0.751. The highest BCUT2D eigenvalue weighted by atomic mass is 16.5. The third kappa shape index (κ3) is 5.02. The van der Waals surface area contributed by atoms with Crippen molar-refractivity contribution in [2.45, 2.75) is 53.2 Å². The van der Waals surface area contributed by atoms with Crippen LogP contribution in [0.4, 0.5) is 4.79 Å². The minimum Gasteiger partial charge on any atom is -0.493 e. The lowest BCUT2D eigenvalue weighted by atomic mass is 9.87. The molecule has 27 heavy (non-hydrogen) atoms. The van der Waals surface area contributed by atoms with E-state index in [9.17, 15) is 9.59 Å². The molecule has 2 rings (SSSR count). The largest absolute Gasteiger partial charge is 0.493 e. The molecular formula is C21H30N2O4. The first-order valence-electron chi connectivity index (χ1n) is 9.33. The molecule has 1 saturated heterocycles. The van der Waals surface area contributed by atoms with Crippen LogP contribution in [-0.2, 0) is 9.53 Å². The Morgan fingerprint density at radius 2 is 1.96 bits per heavy atom. The summed E-state index contributed by atoms with van der Waals surface area (Å²) in [7, 11) is 0. The molecular weight excluding hydrogens is 344 g/mol. The van der Waals surface area contributed by atoms with Gasteiger partial charge in [-0.15, -0.1) is 0 Å². The zero-order valence-corrected chi connectivity index (χ0v) is 16.8. The Hall–Kier alpha value is -2.50. The molecule has 6 heteroatoms. The number of urea groups is 1. The molecule has 0 aromatic heterocycles.